The number of carboxylic acid groups (broad SMARTS) is 1. The quantitative estimate of drug-likeness (QED) is 0.136. The molecule has 1 unspecified atom stereocenters. The summed E-state index contributed by atoms with van der Waals surface area (Å²) in [4.78, 5) is 20.2. The number of carboxylic acids is 1. The number of imidazole rings is 1. The summed E-state index contributed by atoms with van der Waals surface area (Å²) < 4.78 is 57.8. The molecule has 1 aromatic heterocycles. The number of ether oxygens (including phenoxy) is 2. The zero-order valence-corrected chi connectivity index (χ0v) is 23.4. The second kappa shape index (κ2) is 13.8. The van der Waals surface area contributed by atoms with Gasteiger partial charge in [0.15, 0.2) is 0 Å². The zero-order valence-electron chi connectivity index (χ0n) is 23.4. The molecule has 0 radical (unpaired) electrons. The van der Waals surface area contributed by atoms with Gasteiger partial charge in [-0.3, -0.25) is 0 Å². The summed E-state index contributed by atoms with van der Waals surface area (Å²) >= 11 is 0. The molecule has 216 valence electrons. The molecular weight excluding hydrogens is 535 g/mol. The van der Waals surface area contributed by atoms with E-state index in [4.69, 9.17) is 9.47 Å². The summed E-state index contributed by atoms with van der Waals surface area (Å²) in [6.45, 7) is 12.5. The lowest BCUT2D eigenvalue weighted by Crippen LogP contribution is -2.12. The molecule has 7 nitrogen and oxygen atoms in total. The van der Waals surface area contributed by atoms with Gasteiger partial charge in [0.25, 0.3) is 0 Å². The highest BCUT2D eigenvalue weighted by atomic mass is 19.1. The molecule has 0 bridgehead atoms. The summed E-state index contributed by atoms with van der Waals surface area (Å²) in [5.41, 5.74) is 1.43. The van der Waals surface area contributed by atoms with Crippen molar-refractivity contribution < 1.29 is 32.5 Å². The molecule has 0 spiro atoms. The average molecular weight is 568 g/mol. The zero-order chi connectivity index (χ0) is 30.3. The van der Waals surface area contributed by atoms with E-state index in [-0.39, 0.29) is 46.7 Å². The van der Waals surface area contributed by atoms with Crippen molar-refractivity contribution in [2.24, 2.45) is 4.99 Å². The Hall–Kier alpha value is -4.44. The molecule has 0 saturated carbocycles. The average Bonchev–Trinajstić information content (AvgIpc) is 3.29. The van der Waals surface area contributed by atoms with Crippen LogP contribution in [0.5, 0.6) is 0 Å². The van der Waals surface area contributed by atoms with Crippen LogP contribution in [0.4, 0.5) is 13.2 Å². The maximum absolute atomic E-state index is 15.5. The van der Waals surface area contributed by atoms with E-state index in [1.807, 2.05) is 0 Å². The second-order valence-corrected chi connectivity index (χ2v) is 9.08. The third kappa shape index (κ3) is 7.01. The van der Waals surface area contributed by atoms with Gasteiger partial charge in [-0.2, -0.15) is 0 Å². The standard InChI is InChI=1S/C31H32F3N3O4/c1-7-22(30(35-9-3)41-19(5)18(4)24(32)8-2)21-14-25(33)23(26(34)15-21)17-29-36-27-11-10-20(31(38)39)16-28(27)37(29)12-13-40-6/h7-11,14-16,19H,1-2,12-13,17H2,3-6H3,(H,38,39)/b24-18-,30-22-,35-9-. The van der Waals surface area contributed by atoms with E-state index >= 15 is 8.78 Å². The third-order valence-corrected chi connectivity index (χ3v) is 6.52. The number of methoxy groups -OCH3 is 1. The molecule has 41 heavy (non-hydrogen) atoms. The molecule has 1 N–H and O–H groups in total. The summed E-state index contributed by atoms with van der Waals surface area (Å²) in [6, 6.07) is 6.73. The number of aliphatic imine (C=N–C) groups is 1. The molecule has 1 atom stereocenters. The van der Waals surface area contributed by atoms with Crippen LogP contribution in [-0.2, 0) is 22.4 Å². The van der Waals surface area contributed by atoms with E-state index in [1.165, 1.54) is 31.5 Å². The highest BCUT2D eigenvalue weighted by Gasteiger charge is 2.21. The molecule has 0 saturated heterocycles. The van der Waals surface area contributed by atoms with Gasteiger partial charge in [-0.1, -0.05) is 19.2 Å². The number of aromatic carboxylic acids is 1. The summed E-state index contributed by atoms with van der Waals surface area (Å²) in [6.07, 6.45) is 2.90. The highest BCUT2D eigenvalue weighted by Crippen LogP contribution is 2.29. The number of halogens is 3. The van der Waals surface area contributed by atoms with Crippen LogP contribution in [0.1, 0.15) is 48.1 Å². The molecule has 0 aliphatic rings. The first-order valence-corrected chi connectivity index (χ1v) is 12.8. The summed E-state index contributed by atoms with van der Waals surface area (Å²) in [5.74, 6) is -2.98. The monoisotopic (exact) mass is 567 g/mol. The Morgan fingerprint density at radius 1 is 1.17 bits per heavy atom. The molecule has 2 aromatic carbocycles. The summed E-state index contributed by atoms with van der Waals surface area (Å²) in [5, 5.41) is 9.40. The minimum absolute atomic E-state index is 0.00774. The molecule has 3 aromatic rings. The predicted octanol–water partition coefficient (Wildman–Crippen LogP) is 7.03. The van der Waals surface area contributed by atoms with Crippen LogP contribution in [0.3, 0.4) is 0 Å². The minimum atomic E-state index is -1.10. The normalized spacial score (nSPS) is 13.6. The van der Waals surface area contributed by atoms with Crippen LogP contribution < -0.4 is 0 Å². The van der Waals surface area contributed by atoms with Crippen LogP contribution in [0.2, 0.25) is 0 Å². The molecule has 0 aliphatic heterocycles. The summed E-state index contributed by atoms with van der Waals surface area (Å²) in [7, 11) is 1.51. The van der Waals surface area contributed by atoms with Crippen LogP contribution in [0.25, 0.3) is 16.6 Å². The second-order valence-electron chi connectivity index (χ2n) is 9.08. The van der Waals surface area contributed by atoms with Crippen LogP contribution in [0.15, 0.2) is 77.9 Å². The predicted molar refractivity (Wildman–Crippen MR) is 154 cm³/mol. The number of hydrogen-bond donors (Lipinski definition) is 1. The molecule has 0 fully saturated rings. The van der Waals surface area contributed by atoms with Crippen molar-refractivity contribution in [3.63, 3.8) is 0 Å². The molecule has 1 heterocycles. The van der Waals surface area contributed by atoms with E-state index in [9.17, 15) is 14.3 Å². The van der Waals surface area contributed by atoms with Gasteiger partial charge in [-0.25, -0.2) is 27.9 Å². The van der Waals surface area contributed by atoms with Crippen LogP contribution >= 0.6 is 0 Å². The fraction of sp³-hybridized carbons (Fsp3) is 0.258. The van der Waals surface area contributed by atoms with Gasteiger partial charge >= 0.3 is 5.97 Å². The van der Waals surface area contributed by atoms with Gasteiger partial charge in [0, 0.05) is 43.0 Å². The van der Waals surface area contributed by atoms with Crippen molar-refractivity contribution in [3.8, 4) is 0 Å². The largest absolute Gasteiger partial charge is 0.478 e. The lowest BCUT2D eigenvalue weighted by molar-refractivity contribution is 0.0697. The molecule has 3 rings (SSSR count). The first-order chi connectivity index (χ1) is 19.6. The van der Waals surface area contributed by atoms with E-state index in [2.05, 4.69) is 23.1 Å². The first-order valence-electron chi connectivity index (χ1n) is 12.8. The lowest BCUT2D eigenvalue weighted by Gasteiger charge is -2.18. The van der Waals surface area contributed by atoms with Crippen LogP contribution in [0, 0.1) is 11.6 Å². The van der Waals surface area contributed by atoms with Gasteiger partial charge in [0.05, 0.1) is 23.2 Å². The molecule has 0 amide bonds. The van der Waals surface area contributed by atoms with Crippen molar-refractivity contribution in [2.45, 2.75) is 39.8 Å². The fourth-order valence-corrected chi connectivity index (χ4v) is 4.18. The Bertz CT molecular complexity index is 1550. The molecule has 0 aliphatic carbocycles. The number of nitrogens with zero attached hydrogens (tertiary/aromatic N) is 3. The first kappa shape index (κ1) is 31.1. The van der Waals surface area contributed by atoms with Crippen molar-refractivity contribution in [1.82, 2.24) is 9.55 Å². The number of carbonyl (C=O) groups is 1. The van der Waals surface area contributed by atoms with Crippen molar-refractivity contribution >= 4 is 28.8 Å². The topological polar surface area (TPSA) is 85.9 Å². The third-order valence-electron chi connectivity index (χ3n) is 6.52. The number of allylic oxidation sites excluding steroid dienone is 4. The SMILES string of the molecule is C=C/C(F)=C(\C)C(C)OC(/N=C\C)=C(/C=C)c1cc(F)c(Cc2nc3ccc(C(=O)O)cc3n2CCOC)c(F)c1. The number of benzene rings is 2. The Kier molecular flexibility index (Phi) is 10.4. The van der Waals surface area contributed by atoms with Gasteiger partial charge in [-0.15, -0.1) is 0 Å². The van der Waals surface area contributed by atoms with E-state index in [1.54, 1.807) is 31.4 Å². The number of fused-ring (bicyclic) bond motifs is 1. The Labute approximate surface area is 236 Å². The Morgan fingerprint density at radius 3 is 2.41 bits per heavy atom. The smallest absolute Gasteiger partial charge is 0.335 e. The molecular formula is C31H32F3N3O4. The van der Waals surface area contributed by atoms with E-state index < -0.39 is 29.5 Å². The van der Waals surface area contributed by atoms with Gasteiger partial charge in [0.2, 0.25) is 5.88 Å². The minimum Gasteiger partial charge on any atom is -0.478 e. The number of aromatic nitrogens is 2. The Balaban J connectivity index is 2.07. The van der Waals surface area contributed by atoms with Crippen LogP contribution in [-0.4, -0.2) is 46.7 Å². The number of hydrogen-bond acceptors (Lipinski definition) is 5. The van der Waals surface area contributed by atoms with Crippen molar-refractivity contribution in [3.05, 3.63) is 107 Å². The molecule has 10 heteroatoms. The Morgan fingerprint density at radius 2 is 1.85 bits per heavy atom. The van der Waals surface area contributed by atoms with Gasteiger partial charge in [-0.05, 0) is 62.7 Å². The fourth-order valence-electron chi connectivity index (χ4n) is 4.18. The lowest BCUT2D eigenvalue weighted by atomic mass is 10.0. The van der Waals surface area contributed by atoms with Gasteiger partial charge in [0.1, 0.15) is 29.4 Å². The van der Waals surface area contributed by atoms with Gasteiger partial charge < -0.3 is 19.1 Å². The van der Waals surface area contributed by atoms with Crippen molar-refractivity contribution in [2.75, 3.05) is 13.7 Å². The maximum atomic E-state index is 15.5. The van der Waals surface area contributed by atoms with E-state index in [0.29, 0.717) is 23.4 Å². The van der Waals surface area contributed by atoms with E-state index in [0.717, 1.165) is 18.2 Å². The van der Waals surface area contributed by atoms with Crippen molar-refractivity contribution in [1.29, 1.82) is 0 Å². The number of rotatable bonds is 13. The maximum Gasteiger partial charge on any atom is 0.335 e. The highest BCUT2D eigenvalue weighted by molar-refractivity contribution is 5.92.